The highest BCUT2D eigenvalue weighted by atomic mass is 16.4. The summed E-state index contributed by atoms with van der Waals surface area (Å²) in [5, 5.41) is 9.49. The van der Waals surface area contributed by atoms with Gasteiger partial charge in [0.25, 0.3) is 0 Å². The van der Waals surface area contributed by atoms with Crippen molar-refractivity contribution in [2.24, 2.45) is 5.41 Å². The highest BCUT2D eigenvalue weighted by Crippen LogP contribution is 2.36. The normalized spacial score (nSPS) is 19.1. The Hall–Kier alpha value is -1.29. The molecule has 1 aliphatic rings. The van der Waals surface area contributed by atoms with Gasteiger partial charge in [-0.3, -0.25) is 9.69 Å². The number of nitrogens with zero attached hydrogens (tertiary/aromatic N) is 1. The Labute approximate surface area is 120 Å². The van der Waals surface area contributed by atoms with Crippen LogP contribution in [0.3, 0.4) is 0 Å². The second-order valence-electron chi connectivity index (χ2n) is 5.83. The second kappa shape index (κ2) is 6.44. The number of rotatable bonds is 6. The van der Waals surface area contributed by atoms with Crippen LogP contribution in [0.2, 0.25) is 0 Å². The fourth-order valence-corrected chi connectivity index (χ4v) is 3.11. The molecule has 2 heterocycles. The Morgan fingerprint density at radius 1 is 1.30 bits per heavy atom. The van der Waals surface area contributed by atoms with E-state index in [1.807, 2.05) is 12.1 Å². The van der Waals surface area contributed by atoms with Crippen molar-refractivity contribution in [3.8, 4) is 0 Å². The lowest BCUT2D eigenvalue weighted by Gasteiger charge is -2.38. The predicted octanol–water partition coefficient (Wildman–Crippen LogP) is 3.31. The molecule has 0 aliphatic carbocycles. The molecule has 0 aromatic carbocycles. The van der Waals surface area contributed by atoms with Crippen LogP contribution in [-0.2, 0) is 17.8 Å². The molecule has 1 fully saturated rings. The molecule has 4 nitrogen and oxygen atoms in total. The summed E-state index contributed by atoms with van der Waals surface area (Å²) in [5.74, 6) is 1.38. The summed E-state index contributed by atoms with van der Waals surface area (Å²) >= 11 is 0. The van der Waals surface area contributed by atoms with Gasteiger partial charge in [0.05, 0.1) is 12.0 Å². The van der Waals surface area contributed by atoms with E-state index in [0.717, 1.165) is 63.3 Å². The van der Waals surface area contributed by atoms with E-state index < -0.39 is 11.4 Å². The smallest absolute Gasteiger partial charge is 0.309 e. The Morgan fingerprint density at radius 2 is 1.95 bits per heavy atom. The van der Waals surface area contributed by atoms with Crippen molar-refractivity contribution in [1.82, 2.24) is 4.90 Å². The van der Waals surface area contributed by atoms with E-state index in [1.54, 1.807) is 0 Å². The van der Waals surface area contributed by atoms with Crippen molar-refractivity contribution in [3.63, 3.8) is 0 Å². The van der Waals surface area contributed by atoms with Crippen LogP contribution in [0.15, 0.2) is 16.5 Å². The van der Waals surface area contributed by atoms with Gasteiger partial charge in [-0.2, -0.15) is 0 Å². The first kappa shape index (κ1) is 15.1. The standard InChI is InChI=1S/C16H25NO3/c1-3-7-16(15(18)19)8-10-17(11-9-16)12-14-6-5-13(4-2)20-14/h5-6H,3-4,7-12H2,1-2H3,(H,18,19). The van der Waals surface area contributed by atoms with Gasteiger partial charge in [-0.15, -0.1) is 0 Å². The Morgan fingerprint density at radius 3 is 2.45 bits per heavy atom. The molecule has 1 N–H and O–H groups in total. The third-order valence-corrected chi connectivity index (χ3v) is 4.44. The third kappa shape index (κ3) is 3.23. The van der Waals surface area contributed by atoms with Gasteiger partial charge >= 0.3 is 5.97 Å². The molecule has 20 heavy (non-hydrogen) atoms. The first-order chi connectivity index (χ1) is 9.59. The molecule has 0 saturated carbocycles. The van der Waals surface area contributed by atoms with E-state index >= 15 is 0 Å². The van der Waals surface area contributed by atoms with Gasteiger partial charge in [0, 0.05) is 6.42 Å². The molecule has 1 aromatic heterocycles. The largest absolute Gasteiger partial charge is 0.481 e. The molecule has 0 spiro atoms. The van der Waals surface area contributed by atoms with Crippen molar-refractivity contribution in [3.05, 3.63) is 23.7 Å². The summed E-state index contributed by atoms with van der Waals surface area (Å²) in [6, 6.07) is 4.06. The molecule has 2 rings (SSSR count). The number of carboxylic acids is 1. The zero-order valence-electron chi connectivity index (χ0n) is 12.5. The zero-order chi connectivity index (χ0) is 14.6. The summed E-state index contributed by atoms with van der Waals surface area (Å²) in [7, 11) is 0. The first-order valence-electron chi connectivity index (χ1n) is 7.63. The summed E-state index contributed by atoms with van der Waals surface area (Å²) in [4.78, 5) is 13.8. The van der Waals surface area contributed by atoms with Crippen molar-refractivity contribution in [2.75, 3.05) is 13.1 Å². The van der Waals surface area contributed by atoms with Gasteiger partial charge in [0.1, 0.15) is 11.5 Å². The maximum atomic E-state index is 11.5. The van der Waals surface area contributed by atoms with Crippen molar-refractivity contribution in [2.45, 2.75) is 52.5 Å². The average molecular weight is 279 g/mol. The molecular formula is C16H25NO3. The summed E-state index contributed by atoms with van der Waals surface area (Å²) < 4.78 is 5.72. The molecule has 1 aromatic rings. The lowest BCUT2D eigenvalue weighted by atomic mass is 9.75. The minimum atomic E-state index is -0.620. The Balaban J connectivity index is 1.91. The maximum absolute atomic E-state index is 11.5. The third-order valence-electron chi connectivity index (χ3n) is 4.44. The quantitative estimate of drug-likeness (QED) is 0.868. The fourth-order valence-electron chi connectivity index (χ4n) is 3.11. The van der Waals surface area contributed by atoms with Crippen molar-refractivity contribution < 1.29 is 14.3 Å². The average Bonchev–Trinajstić information content (AvgIpc) is 2.89. The number of furan rings is 1. The maximum Gasteiger partial charge on any atom is 0.309 e. The summed E-state index contributed by atoms with van der Waals surface area (Å²) in [6.07, 6.45) is 4.13. The number of aryl methyl sites for hydroxylation is 1. The van der Waals surface area contributed by atoms with Gasteiger partial charge in [0.2, 0.25) is 0 Å². The molecule has 1 saturated heterocycles. The minimum absolute atomic E-state index is 0.497. The summed E-state index contributed by atoms with van der Waals surface area (Å²) in [6.45, 7) is 6.62. The van der Waals surface area contributed by atoms with E-state index in [0.29, 0.717) is 0 Å². The first-order valence-corrected chi connectivity index (χ1v) is 7.63. The molecule has 0 amide bonds. The van der Waals surface area contributed by atoms with Gasteiger partial charge in [-0.25, -0.2) is 0 Å². The molecule has 0 atom stereocenters. The molecular weight excluding hydrogens is 254 g/mol. The lowest BCUT2D eigenvalue weighted by Crippen LogP contribution is -2.44. The van der Waals surface area contributed by atoms with E-state index in [2.05, 4.69) is 18.7 Å². The highest BCUT2D eigenvalue weighted by Gasteiger charge is 2.40. The van der Waals surface area contributed by atoms with Crippen LogP contribution < -0.4 is 0 Å². The monoisotopic (exact) mass is 279 g/mol. The van der Waals surface area contributed by atoms with Crippen LogP contribution in [0.25, 0.3) is 0 Å². The predicted molar refractivity (Wildman–Crippen MR) is 77.6 cm³/mol. The number of hydrogen-bond acceptors (Lipinski definition) is 3. The second-order valence-corrected chi connectivity index (χ2v) is 5.83. The van der Waals surface area contributed by atoms with Gasteiger partial charge < -0.3 is 9.52 Å². The van der Waals surface area contributed by atoms with Crippen LogP contribution in [-0.4, -0.2) is 29.1 Å². The number of carboxylic acid groups (broad SMARTS) is 1. The van der Waals surface area contributed by atoms with Gasteiger partial charge in [0.15, 0.2) is 0 Å². The zero-order valence-corrected chi connectivity index (χ0v) is 12.5. The number of aliphatic carboxylic acids is 1. The molecule has 0 bridgehead atoms. The Kier molecular flexibility index (Phi) is 4.86. The highest BCUT2D eigenvalue weighted by molar-refractivity contribution is 5.74. The minimum Gasteiger partial charge on any atom is -0.481 e. The summed E-state index contributed by atoms with van der Waals surface area (Å²) in [5.41, 5.74) is -0.497. The van der Waals surface area contributed by atoms with E-state index in [4.69, 9.17) is 4.42 Å². The van der Waals surface area contributed by atoms with Crippen LogP contribution in [0.5, 0.6) is 0 Å². The lowest BCUT2D eigenvalue weighted by molar-refractivity contribution is -0.152. The number of likely N-dealkylation sites (tertiary alicyclic amines) is 1. The number of carbonyl (C=O) groups is 1. The van der Waals surface area contributed by atoms with E-state index in [1.165, 1.54) is 0 Å². The van der Waals surface area contributed by atoms with E-state index in [9.17, 15) is 9.90 Å². The molecule has 0 radical (unpaired) electrons. The number of piperidine rings is 1. The topological polar surface area (TPSA) is 53.7 Å². The van der Waals surface area contributed by atoms with Crippen molar-refractivity contribution in [1.29, 1.82) is 0 Å². The molecule has 1 aliphatic heterocycles. The van der Waals surface area contributed by atoms with Gasteiger partial charge in [-0.05, 0) is 44.5 Å². The molecule has 0 unspecified atom stereocenters. The van der Waals surface area contributed by atoms with Crippen LogP contribution in [0.4, 0.5) is 0 Å². The molecule has 112 valence electrons. The van der Waals surface area contributed by atoms with Crippen LogP contribution >= 0.6 is 0 Å². The SMILES string of the molecule is CCCC1(C(=O)O)CCN(Cc2ccc(CC)o2)CC1. The Bertz CT molecular complexity index is 444. The van der Waals surface area contributed by atoms with Crippen LogP contribution in [0.1, 0.15) is 51.1 Å². The fraction of sp³-hybridized carbons (Fsp3) is 0.688. The van der Waals surface area contributed by atoms with Crippen LogP contribution in [0, 0.1) is 5.41 Å². The van der Waals surface area contributed by atoms with E-state index in [-0.39, 0.29) is 0 Å². The number of hydrogen-bond donors (Lipinski definition) is 1. The van der Waals surface area contributed by atoms with Crippen molar-refractivity contribution >= 4 is 5.97 Å². The van der Waals surface area contributed by atoms with Gasteiger partial charge in [-0.1, -0.05) is 20.3 Å². The molecule has 4 heteroatoms.